The summed E-state index contributed by atoms with van der Waals surface area (Å²) in [7, 11) is 0. The molecule has 20 heavy (non-hydrogen) atoms. The van der Waals surface area contributed by atoms with Crippen molar-refractivity contribution < 1.29 is 4.74 Å². The van der Waals surface area contributed by atoms with E-state index in [0.717, 1.165) is 25.4 Å². The lowest BCUT2D eigenvalue weighted by Crippen LogP contribution is -2.22. The minimum Gasteiger partial charge on any atom is -0.494 e. The van der Waals surface area contributed by atoms with Gasteiger partial charge in [-0.2, -0.15) is 0 Å². The molecule has 2 heteroatoms. The molecule has 0 atom stereocenters. The number of benzene rings is 2. The van der Waals surface area contributed by atoms with Crippen LogP contribution in [0.2, 0.25) is 0 Å². The van der Waals surface area contributed by atoms with E-state index in [2.05, 4.69) is 60.4 Å². The minimum absolute atomic E-state index is 0.710. The summed E-state index contributed by atoms with van der Waals surface area (Å²) in [6, 6.07) is 18.9. The molecule has 0 aliphatic heterocycles. The highest BCUT2D eigenvalue weighted by Crippen LogP contribution is 2.20. The molecular weight excluding hydrogens is 246 g/mol. The van der Waals surface area contributed by atoms with Gasteiger partial charge < -0.3 is 4.74 Å². The van der Waals surface area contributed by atoms with Crippen LogP contribution < -0.4 is 4.74 Å². The predicted octanol–water partition coefficient (Wildman–Crippen LogP) is 4.11. The second-order valence-electron chi connectivity index (χ2n) is 4.83. The summed E-state index contributed by atoms with van der Waals surface area (Å²) in [6.07, 6.45) is 0. The molecule has 0 saturated heterocycles. The Labute approximate surface area is 122 Å². The van der Waals surface area contributed by atoms with Crippen LogP contribution in [0.3, 0.4) is 0 Å². The van der Waals surface area contributed by atoms with E-state index < -0.39 is 0 Å². The fourth-order valence-corrected chi connectivity index (χ4v) is 2.29. The van der Waals surface area contributed by atoms with Gasteiger partial charge in [0.15, 0.2) is 0 Å². The summed E-state index contributed by atoms with van der Waals surface area (Å²) in [5.74, 6) is 1.00. The van der Waals surface area contributed by atoms with Crippen LogP contribution in [-0.4, -0.2) is 18.1 Å². The van der Waals surface area contributed by atoms with Crippen molar-refractivity contribution in [1.82, 2.24) is 4.90 Å². The van der Waals surface area contributed by atoms with Gasteiger partial charge in [-0.1, -0.05) is 55.5 Å². The van der Waals surface area contributed by atoms with Crippen LogP contribution in [0.1, 0.15) is 25.0 Å². The second kappa shape index (κ2) is 7.71. The van der Waals surface area contributed by atoms with Crippen molar-refractivity contribution in [3.8, 4) is 5.75 Å². The zero-order chi connectivity index (χ0) is 14.2. The lowest BCUT2D eigenvalue weighted by atomic mass is 10.1. The standard InChI is InChI=1S/C18H23NO/c1-3-19(14-16-10-6-5-7-11-16)15-17-12-8-9-13-18(17)20-4-2/h5-13H,3-4,14-15H2,1-2H3. The van der Waals surface area contributed by atoms with Gasteiger partial charge in [0.25, 0.3) is 0 Å². The molecule has 0 aliphatic carbocycles. The van der Waals surface area contributed by atoms with E-state index in [1.807, 2.05) is 13.0 Å². The van der Waals surface area contributed by atoms with Gasteiger partial charge in [0.2, 0.25) is 0 Å². The van der Waals surface area contributed by atoms with E-state index in [0.29, 0.717) is 6.61 Å². The van der Waals surface area contributed by atoms with Crippen molar-refractivity contribution in [3.05, 3.63) is 65.7 Å². The van der Waals surface area contributed by atoms with Gasteiger partial charge in [-0.15, -0.1) is 0 Å². The largest absolute Gasteiger partial charge is 0.494 e. The predicted molar refractivity (Wildman–Crippen MR) is 83.8 cm³/mol. The molecule has 0 amide bonds. The van der Waals surface area contributed by atoms with Crippen molar-refractivity contribution in [3.63, 3.8) is 0 Å². The second-order valence-corrected chi connectivity index (χ2v) is 4.83. The molecule has 0 unspecified atom stereocenters. The van der Waals surface area contributed by atoms with E-state index >= 15 is 0 Å². The first-order valence-electron chi connectivity index (χ1n) is 7.30. The van der Waals surface area contributed by atoms with Crippen molar-refractivity contribution >= 4 is 0 Å². The fraction of sp³-hybridized carbons (Fsp3) is 0.333. The smallest absolute Gasteiger partial charge is 0.123 e. The molecule has 0 bridgehead atoms. The molecule has 2 rings (SSSR count). The van der Waals surface area contributed by atoms with Gasteiger partial charge in [-0.05, 0) is 25.1 Å². The molecule has 0 saturated carbocycles. The molecular formula is C18H23NO. The molecule has 0 spiro atoms. The Kier molecular flexibility index (Phi) is 5.63. The summed E-state index contributed by atoms with van der Waals surface area (Å²) < 4.78 is 5.71. The van der Waals surface area contributed by atoms with Crippen LogP contribution in [0.5, 0.6) is 5.75 Å². The monoisotopic (exact) mass is 269 g/mol. The van der Waals surface area contributed by atoms with E-state index in [1.54, 1.807) is 0 Å². The third-order valence-electron chi connectivity index (χ3n) is 3.36. The zero-order valence-electron chi connectivity index (χ0n) is 12.4. The van der Waals surface area contributed by atoms with Crippen molar-refractivity contribution in [2.45, 2.75) is 26.9 Å². The maximum atomic E-state index is 5.71. The van der Waals surface area contributed by atoms with E-state index in [9.17, 15) is 0 Å². The van der Waals surface area contributed by atoms with Crippen molar-refractivity contribution in [1.29, 1.82) is 0 Å². The summed E-state index contributed by atoms with van der Waals surface area (Å²) >= 11 is 0. The summed E-state index contributed by atoms with van der Waals surface area (Å²) in [5.41, 5.74) is 2.61. The molecule has 0 radical (unpaired) electrons. The Morgan fingerprint density at radius 1 is 0.850 bits per heavy atom. The lowest BCUT2D eigenvalue weighted by molar-refractivity contribution is 0.262. The first kappa shape index (κ1) is 14.6. The Morgan fingerprint density at radius 2 is 1.55 bits per heavy atom. The highest BCUT2D eigenvalue weighted by Gasteiger charge is 2.08. The highest BCUT2D eigenvalue weighted by atomic mass is 16.5. The zero-order valence-corrected chi connectivity index (χ0v) is 12.4. The van der Waals surface area contributed by atoms with Crippen LogP contribution in [-0.2, 0) is 13.1 Å². The minimum atomic E-state index is 0.710. The normalized spacial score (nSPS) is 10.8. The molecule has 2 aromatic rings. The first-order chi connectivity index (χ1) is 9.83. The van der Waals surface area contributed by atoms with E-state index in [4.69, 9.17) is 4.74 Å². The molecule has 0 aromatic heterocycles. The van der Waals surface area contributed by atoms with Crippen LogP contribution >= 0.6 is 0 Å². The molecule has 2 nitrogen and oxygen atoms in total. The topological polar surface area (TPSA) is 12.5 Å². The number of ether oxygens (including phenoxy) is 1. The number of rotatable bonds is 7. The number of hydrogen-bond acceptors (Lipinski definition) is 2. The third-order valence-corrected chi connectivity index (χ3v) is 3.36. The SMILES string of the molecule is CCOc1ccccc1CN(CC)Cc1ccccc1. The van der Waals surface area contributed by atoms with Gasteiger partial charge in [0.1, 0.15) is 5.75 Å². The van der Waals surface area contributed by atoms with Gasteiger partial charge in [0, 0.05) is 18.7 Å². The molecule has 2 aromatic carbocycles. The number of para-hydroxylation sites is 1. The molecule has 106 valence electrons. The Balaban J connectivity index is 2.06. The van der Waals surface area contributed by atoms with E-state index in [-0.39, 0.29) is 0 Å². The Morgan fingerprint density at radius 3 is 2.25 bits per heavy atom. The quantitative estimate of drug-likeness (QED) is 0.750. The Bertz CT molecular complexity index is 510. The molecule has 0 N–H and O–H groups in total. The summed E-state index contributed by atoms with van der Waals surface area (Å²) in [6.45, 7) is 7.85. The van der Waals surface area contributed by atoms with Crippen LogP contribution in [0.15, 0.2) is 54.6 Å². The van der Waals surface area contributed by atoms with E-state index in [1.165, 1.54) is 11.1 Å². The summed E-state index contributed by atoms with van der Waals surface area (Å²) in [4.78, 5) is 2.42. The Hall–Kier alpha value is -1.80. The average molecular weight is 269 g/mol. The van der Waals surface area contributed by atoms with Crippen LogP contribution in [0.4, 0.5) is 0 Å². The molecule has 0 aliphatic rings. The number of hydrogen-bond donors (Lipinski definition) is 0. The molecule has 0 heterocycles. The number of nitrogens with zero attached hydrogens (tertiary/aromatic N) is 1. The molecule has 0 fully saturated rings. The van der Waals surface area contributed by atoms with Gasteiger partial charge in [0.05, 0.1) is 6.61 Å². The average Bonchev–Trinajstić information content (AvgIpc) is 2.50. The maximum Gasteiger partial charge on any atom is 0.123 e. The van der Waals surface area contributed by atoms with Crippen molar-refractivity contribution in [2.24, 2.45) is 0 Å². The van der Waals surface area contributed by atoms with Crippen molar-refractivity contribution in [2.75, 3.05) is 13.2 Å². The lowest BCUT2D eigenvalue weighted by Gasteiger charge is -2.22. The van der Waals surface area contributed by atoms with Crippen LogP contribution in [0, 0.1) is 0 Å². The maximum absolute atomic E-state index is 5.71. The first-order valence-corrected chi connectivity index (χ1v) is 7.30. The third kappa shape index (κ3) is 4.10. The fourth-order valence-electron chi connectivity index (χ4n) is 2.29. The van der Waals surface area contributed by atoms with Gasteiger partial charge in [-0.3, -0.25) is 4.90 Å². The highest BCUT2D eigenvalue weighted by molar-refractivity contribution is 5.33. The van der Waals surface area contributed by atoms with Crippen LogP contribution in [0.25, 0.3) is 0 Å². The van der Waals surface area contributed by atoms with Gasteiger partial charge in [-0.25, -0.2) is 0 Å². The van der Waals surface area contributed by atoms with Gasteiger partial charge >= 0.3 is 0 Å². The summed E-state index contributed by atoms with van der Waals surface area (Å²) in [5, 5.41) is 0.